The highest BCUT2D eigenvalue weighted by molar-refractivity contribution is 6.32. The summed E-state index contributed by atoms with van der Waals surface area (Å²) in [6, 6.07) is 22.7. The number of rotatable bonds is 10. The maximum Gasteiger partial charge on any atom is 0.261 e. The summed E-state index contributed by atoms with van der Waals surface area (Å²) in [5.74, 6) is 0.516. The zero-order chi connectivity index (χ0) is 23.6. The molecule has 1 unspecified atom stereocenters. The Morgan fingerprint density at radius 1 is 0.970 bits per heavy atom. The Hall–Kier alpha value is -3.51. The molecule has 0 saturated heterocycles. The summed E-state index contributed by atoms with van der Waals surface area (Å²) in [7, 11) is 1.59. The van der Waals surface area contributed by atoms with Gasteiger partial charge in [0.25, 0.3) is 5.91 Å². The number of nitrogens with zero attached hydrogens (tertiary/aromatic N) is 1. The van der Waals surface area contributed by atoms with Crippen LogP contribution in [0.25, 0.3) is 0 Å². The number of para-hydroxylation sites is 1. The first kappa shape index (κ1) is 24.1. The van der Waals surface area contributed by atoms with Crippen molar-refractivity contribution < 1.29 is 19.1 Å². The van der Waals surface area contributed by atoms with Gasteiger partial charge in [-0.3, -0.25) is 9.59 Å². The molecule has 3 rings (SSSR count). The highest BCUT2D eigenvalue weighted by Gasteiger charge is 2.31. The third-order valence-corrected chi connectivity index (χ3v) is 5.36. The fourth-order valence-corrected chi connectivity index (χ4v) is 3.60. The van der Waals surface area contributed by atoms with Crippen LogP contribution in [0, 0.1) is 0 Å². The summed E-state index contributed by atoms with van der Waals surface area (Å²) in [5.41, 5.74) is 1.56. The Kier molecular flexibility index (Phi) is 8.72. The quantitative estimate of drug-likeness (QED) is 0.473. The summed E-state index contributed by atoms with van der Waals surface area (Å²) in [5, 5.41) is 3.26. The van der Waals surface area contributed by atoms with Gasteiger partial charge in [0.1, 0.15) is 17.5 Å². The molecule has 0 aliphatic heterocycles. The molecule has 0 bridgehead atoms. The van der Waals surface area contributed by atoms with Crippen LogP contribution < -0.4 is 14.8 Å². The second-order valence-electron chi connectivity index (χ2n) is 7.30. The number of methoxy groups -OCH3 is 1. The van der Waals surface area contributed by atoms with Crippen molar-refractivity contribution in [3.8, 4) is 11.5 Å². The van der Waals surface area contributed by atoms with Gasteiger partial charge in [-0.25, -0.2) is 0 Å². The molecule has 0 aromatic heterocycles. The average molecular weight is 467 g/mol. The topological polar surface area (TPSA) is 67.9 Å². The molecule has 0 radical (unpaired) electrons. The number of hydrogen-bond acceptors (Lipinski definition) is 4. The van der Waals surface area contributed by atoms with Gasteiger partial charge in [0, 0.05) is 13.1 Å². The van der Waals surface area contributed by atoms with Crippen molar-refractivity contribution in [2.75, 3.05) is 20.3 Å². The number of likely N-dealkylation sites (N-methyl/N-ethyl adjacent to an activating group) is 1. The molecule has 0 aliphatic carbocycles. The molecular weight excluding hydrogens is 440 g/mol. The van der Waals surface area contributed by atoms with Gasteiger partial charge in [-0.1, -0.05) is 66.2 Å². The Labute approximate surface area is 199 Å². The lowest BCUT2D eigenvalue weighted by Crippen LogP contribution is -2.45. The molecule has 172 valence electrons. The number of nitrogens with one attached hydrogen (secondary N) is 1. The Morgan fingerprint density at radius 2 is 1.64 bits per heavy atom. The third-order valence-electron chi connectivity index (χ3n) is 5.05. The fourth-order valence-electron chi connectivity index (χ4n) is 3.41. The van der Waals surface area contributed by atoms with Crippen molar-refractivity contribution in [1.82, 2.24) is 10.2 Å². The molecule has 0 fully saturated rings. The molecule has 3 aromatic rings. The Morgan fingerprint density at radius 3 is 2.27 bits per heavy atom. The highest BCUT2D eigenvalue weighted by atomic mass is 35.5. The van der Waals surface area contributed by atoms with E-state index in [0.29, 0.717) is 28.6 Å². The lowest BCUT2D eigenvalue weighted by atomic mass is 10.0. The van der Waals surface area contributed by atoms with Gasteiger partial charge in [-0.05, 0) is 42.3 Å². The second-order valence-corrected chi connectivity index (χ2v) is 7.70. The van der Waals surface area contributed by atoms with E-state index in [-0.39, 0.29) is 25.0 Å². The van der Waals surface area contributed by atoms with E-state index in [2.05, 4.69) is 5.32 Å². The summed E-state index contributed by atoms with van der Waals surface area (Å²) >= 11 is 6.17. The molecule has 33 heavy (non-hydrogen) atoms. The molecule has 7 heteroatoms. The van der Waals surface area contributed by atoms with Crippen LogP contribution in [0.15, 0.2) is 78.9 Å². The predicted molar refractivity (Wildman–Crippen MR) is 128 cm³/mol. The molecular formula is C26H27ClN2O4. The van der Waals surface area contributed by atoms with E-state index in [1.165, 1.54) is 4.90 Å². The van der Waals surface area contributed by atoms with Crippen molar-refractivity contribution in [2.45, 2.75) is 19.5 Å². The SMILES string of the molecule is CCNC(=O)C(c1ccccc1)N(Cc1ccc(OC)cc1)C(=O)COc1ccccc1Cl. The van der Waals surface area contributed by atoms with E-state index < -0.39 is 6.04 Å². The largest absolute Gasteiger partial charge is 0.497 e. The summed E-state index contributed by atoms with van der Waals surface area (Å²) < 4.78 is 10.9. The molecule has 6 nitrogen and oxygen atoms in total. The van der Waals surface area contributed by atoms with Crippen LogP contribution in [0.1, 0.15) is 24.1 Å². The van der Waals surface area contributed by atoms with Gasteiger partial charge in [0.2, 0.25) is 5.91 Å². The van der Waals surface area contributed by atoms with Crippen molar-refractivity contribution in [3.05, 3.63) is 95.0 Å². The van der Waals surface area contributed by atoms with Crippen LogP contribution in [0.5, 0.6) is 11.5 Å². The Balaban J connectivity index is 1.93. The molecule has 1 atom stereocenters. The van der Waals surface area contributed by atoms with E-state index in [9.17, 15) is 9.59 Å². The second kappa shape index (κ2) is 11.9. The number of carbonyl (C=O) groups excluding carboxylic acids is 2. The summed E-state index contributed by atoms with van der Waals surface area (Å²) in [4.78, 5) is 28.1. The van der Waals surface area contributed by atoms with E-state index >= 15 is 0 Å². The number of halogens is 1. The van der Waals surface area contributed by atoms with E-state index in [1.807, 2.05) is 61.5 Å². The van der Waals surface area contributed by atoms with Gasteiger partial charge in [-0.15, -0.1) is 0 Å². The van der Waals surface area contributed by atoms with Crippen LogP contribution in [-0.2, 0) is 16.1 Å². The zero-order valence-corrected chi connectivity index (χ0v) is 19.4. The van der Waals surface area contributed by atoms with Crippen LogP contribution in [-0.4, -0.2) is 37.0 Å². The minimum atomic E-state index is -0.824. The molecule has 0 spiro atoms. The lowest BCUT2D eigenvalue weighted by Gasteiger charge is -2.31. The lowest BCUT2D eigenvalue weighted by molar-refractivity contribution is -0.143. The highest BCUT2D eigenvalue weighted by Crippen LogP contribution is 2.26. The Bertz CT molecular complexity index is 1060. The molecule has 0 aliphatic rings. The van der Waals surface area contributed by atoms with Crippen molar-refractivity contribution >= 4 is 23.4 Å². The fraction of sp³-hybridized carbons (Fsp3) is 0.231. The maximum absolute atomic E-state index is 13.4. The number of ether oxygens (including phenoxy) is 2. The van der Waals surface area contributed by atoms with Crippen molar-refractivity contribution in [2.24, 2.45) is 0 Å². The summed E-state index contributed by atoms with van der Waals surface area (Å²) in [6.07, 6.45) is 0. The van der Waals surface area contributed by atoms with Crippen molar-refractivity contribution in [3.63, 3.8) is 0 Å². The molecule has 0 heterocycles. The number of carbonyl (C=O) groups is 2. The van der Waals surface area contributed by atoms with Crippen LogP contribution >= 0.6 is 11.6 Å². The monoisotopic (exact) mass is 466 g/mol. The van der Waals surface area contributed by atoms with Gasteiger partial charge in [0.05, 0.1) is 12.1 Å². The van der Waals surface area contributed by atoms with Crippen LogP contribution in [0.2, 0.25) is 5.02 Å². The van der Waals surface area contributed by atoms with Crippen LogP contribution in [0.4, 0.5) is 0 Å². The number of benzene rings is 3. The normalized spacial score (nSPS) is 11.4. The van der Waals surface area contributed by atoms with Gasteiger partial charge < -0.3 is 19.7 Å². The first-order valence-electron chi connectivity index (χ1n) is 10.7. The van der Waals surface area contributed by atoms with Crippen molar-refractivity contribution in [1.29, 1.82) is 0 Å². The van der Waals surface area contributed by atoms with E-state index in [1.54, 1.807) is 31.4 Å². The number of amides is 2. The zero-order valence-electron chi connectivity index (χ0n) is 18.7. The predicted octanol–water partition coefficient (Wildman–Crippen LogP) is 4.63. The molecule has 2 amide bonds. The van der Waals surface area contributed by atoms with Gasteiger partial charge in [0.15, 0.2) is 6.61 Å². The summed E-state index contributed by atoms with van der Waals surface area (Å²) in [6.45, 7) is 2.24. The minimum Gasteiger partial charge on any atom is -0.497 e. The average Bonchev–Trinajstić information content (AvgIpc) is 2.84. The molecule has 0 saturated carbocycles. The first-order chi connectivity index (χ1) is 16.0. The first-order valence-corrected chi connectivity index (χ1v) is 11.0. The third kappa shape index (κ3) is 6.49. The smallest absolute Gasteiger partial charge is 0.261 e. The minimum absolute atomic E-state index is 0.214. The van der Waals surface area contributed by atoms with Gasteiger partial charge in [-0.2, -0.15) is 0 Å². The molecule has 3 aromatic carbocycles. The van der Waals surface area contributed by atoms with E-state index in [4.69, 9.17) is 21.1 Å². The van der Waals surface area contributed by atoms with Crippen LogP contribution in [0.3, 0.4) is 0 Å². The maximum atomic E-state index is 13.4. The van der Waals surface area contributed by atoms with E-state index in [0.717, 1.165) is 5.56 Å². The standard InChI is InChI=1S/C26H27ClN2O4/c1-3-28-26(31)25(20-9-5-4-6-10-20)29(17-19-13-15-21(32-2)16-14-19)24(30)18-33-23-12-8-7-11-22(23)27/h4-16,25H,3,17-18H2,1-2H3,(H,28,31). The van der Waals surface area contributed by atoms with Gasteiger partial charge >= 0.3 is 0 Å². The molecule has 1 N–H and O–H groups in total. The number of hydrogen-bond donors (Lipinski definition) is 1.